The first kappa shape index (κ1) is 21.9. The number of hydrogen-bond donors (Lipinski definition) is 0. The molecule has 3 rings (SSSR count). The van der Waals surface area contributed by atoms with E-state index in [9.17, 15) is 15.3 Å². The van der Waals surface area contributed by atoms with E-state index < -0.39 is 17.8 Å². The van der Waals surface area contributed by atoms with Crippen LogP contribution in [0.15, 0.2) is 13.6 Å². The molecule has 0 radical (unpaired) electrons. The molecule has 0 bridgehead atoms. The Balaban J connectivity index is 2.00. The molecule has 0 atom stereocenters. The van der Waals surface area contributed by atoms with Crippen LogP contribution in [0, 0.1) is 0 Å². The van der Waals surface area contributed by atoms with Crippen LogP contribution in [0.2, 0.25) is 0 Å². The first-order chi connectivity index (χ1) is 14.6. The summed E-state index contributed by atoms with van der Waals surface area (Å²) in [5.74, 6) is -1.96. The molecule has 0 aromatic carbocycles. The van der Waals surface area contributed by atoms with Crippen molar-refractivity contribution in [2.45, 2.75) is 19.6 Å². The molecule has 16 heteroatoms. The van der Waals surface area contributed by atoms with E-state index in [4.69, 9.17) is 13.6 Å². The first-order valence-electron chi connectivity index (χ1n) is 9.09. The number of hydrogen-bond acceptors (Lipinski definition) is 13. The minimum atomic E-state index is -0.653. The molecule has 0 amide bonds. The maximum atomic E-state index is 12.3. The normalized spacial score (nSPS) is 11.3. The molecule has 3 heterocycles. The van der Waals surface area contributed by atoms with Crippen LogP contribution in [-0.4, -0.2) is 63.0 Å². The third-order valence-corrected chi connectivity index (χ3v) is 4.29. The summed E-state index contributed by atoms with van der Waals surface area (Å²) in [6.07, 6.45) is 0. The van der Waals surface area contributed by atoms with Crippen LogP contribution in [0.3, 0.4) is 0 Å². The summed E-state index contributed by atoms with van der Waals surface area (Å²) in [6.45, 7) is -0.0518. The van der Waals surface area contributed by atoms with E-state index in [0.29, 0.717) is 0 Å². The average molecular weight is 440 g/mol. The molecule has 0 spiro atoms. The summed E-state index contributed by atoms with van der Waals surface area (Å²) < 4.78 is 14.3. The molecule has 170 valence electrons. The Bertz CT molecular complexity index is 897. The van der Waals surface area contributed by atoms with Crippen molar-refractivity contribution < 1.29 is 43.3 Å². The van der Waals surface area contributed by atoms with Crippen molar-refractivity contribution in [2.24, 2.45) is 0 Å². The van der Waals surface area contributed by atoms with Crippen molar-refractivity contribution in [3.8, 4) is 17.8 Å². The molecule has 0 saturated carbocycles. The fourth-order valence-electron chi connectivity index (χ4n) is 2.91. The van der Waals surface area contributed by atoms with Gasteiger partial charge in [-0.05, 0) is 0 Å². The zero-order valence-electron chi connectivity index (χ0n) is 18.0. The lowest BCUT2D eigenvalue weighted by Gasteiger charge is -2.18. The fourth-order valence-corrected chi connectivity index (χ4v) is 2.91. The second-order valence-electron chi connectivity index (χ2n) is 7.28. The molecule has 31 heavy (non-hydrogen) atoms. The summed E-state index contributed by atoms with van der Waals surface area (Å²) in [6, 6.07) is 0. The van der Waals surface area contributed by atoms with E-state index in [-0.39, 0.29) is 36.7 Å². The van der Waals surface area contributed by atoms with Gasteiger partial charge < -0.3 is 28.9 Å². The van der Waals surface area contributed by atoms with Gasteiger partial charge in [-0.3, -0.25) is 4.90 Å². The predicted molar refractivity (Wildman–Crippen MR) is 91.6 cm³/mol. The van der Waals surface area contributed by atoms with Gasteiger partial charge in [-0.25, -0.2) is 0 Å². The summed E-state index contributed by atoms with van der Waals surface area (Å²) in [5.41, 5.74) is 0.557. The molecule has 3 aromatic heterocycles. The van der Waals surface area contributed by atoms with Crippen LogP contribution in [0.25, 0.3) is 0 Å². The van der Waals surface area contributed by atoms with Gasteiger partial charge in [0.1, 0.15) is 15.8 Å². The van der Waals surface area contributed by atoms with Crippen LogP contribution >= 0.6 is 0 Å². The van der Waals surface area contributed by atoms with Gasteiger partial charge in [0.05, 0.1) is 61.9 Å². The van der Waals surface area contributed by atoms with Gasteiger partial charge in [0.2, 0.25) is 0 Å². The Morgan fingerprint density at radius 3 is 1.06 bits per heavy atom. The Morgan fingerprint density at radius 1 is 0.581 bits per heavy atom. The highest BCUT2D eigenvalue weighted by molar-refractivity contribution is 5.09. The molecular formula is C15H24N10O6. The van der Waals surface area contributed by atoms with Crippen LogP contribution in [0.5, 0.6) is 17.8 Å². The van der Waals surface area contributed by atoms with Gasteiger partial charge >= 0.3 is 0 Å². The van der Waals surface area contributed by atoms with Crippen molar-refractivity contribution >= 4 is 0 Å². The second kappa shape index (κ2) is 8.50. The third-order valence-electron chi connectivity index (χ3n) is 4.29. The van der Waals surface area contributed by atoms with Gasteiger partial charge in [0, 0.05) is 14.4 Å². The van der Waals surface area contributed by atoms with E-state index in [2.05, 4.69) is 15.8 Å². The zero-order valence-corrected chi connectivity index (χ0v) is 18.0. The van der Waals surface area contributed by atoms with Crippen LogP contribution in [-0.2, 0) is 19.6 Å². The fraction of sp³-hybridized carbons (Fsp3) is 0.600. The van der Waals surface area contributed by atoms with Crippen molar-refractivity contribution in [3.63, 3.8) is 0 Å². The molecule has 16 nitrogen and oxygen atoms in total. The van der Waals surface area contributed by atoms with Gasteiger partial charge in [0.25, 0.3) is 17.1 Å². The number of rotatable bonds is 9. The largest absolute Gasteiger partial charge is 0.539 e. The maximum absolute atomic E-state index is 12.3. The van der Waals surface area contributed by atoms with Gasteiger partial charge in [-0.1, -0.05) is 0 Å². The second-order valence-corrected chi connectivity index (χ2v) is 7.28. The van der Waals surface area contributed by atoms with E-state index in [1.807, 2.05) is 0 Å². The van der Waals surface area contributed by atoms with Crippen molar-refractivity contribution in [1.82, 2.24) is 20.7 Å². The van der Waals surface area contributed by atoms with E-state index >= 15 is 0 Å². The van der Waals surface area contributed by atoms with Gasteiger partial charge in [-0.2, -0.15) is 15.0 Å². The highest BCUT2D eigenvalue weighted by Gasteiger charge is 2.31. The topological polar surface area (TPSA) is 172 Å². The van der Waals surface area contributed by atoms with E-state index in [1.165, 1.54) is 14.4 Å². The molecule has 3 aromatic rings. The highest BCUT2D eigenvalue weighted by Crippen LogP contribution is 2.19. The summed E-state index contributed by atoms with van der Waals surface area (Å²) in [5, 5.41) is 52.5. The van der Waals surface area contributed by atoms with Gasteiger partial charge in [-0.15, -0.1) is 0 Å². The quantitative estimate of drug-likeness (QED) is 0.289. The lowest BCUT2D eigenvalue weighted by Crippen LogP contribution is -2.59. The zero-order chi connectivity index (χ0) is 22.9. The summed E-state index contributed by atoms with van der Waals surface area (Å²) >= 11 is 0. The summed E-state index contributed by atoms with van der Waals surface area (Å²) in [4.78, 5) is 5.50. The number of aromatic nitrogens is 6. The minimum absolute atomic E-state index is 0.0173. The predicted octanol–water partition coefficient (Wildman–Crippen LogP) is -5.47. The molecule has 0 saturated heterocycles. The van der Waals surface area contributed by atoms with Crippen LogP contribution in [0.1, 0.15) is 17.1 Å². The highest BCUT2D eigenvalue weighted by atomic mass is 16.6. The van der Waals surface area contributed by atoms with Crippen molar-refractivity contribution in [3.05, 3.63) is 17.1 Å². The average Bonchev–Trinajstić information content (AvgIpc) is 3.34. The lowest BCUT2D eigenvalue weighted by atomic mass is 10.3. The van der Waals surface area contributed by atoms with Gasteiger partial charge in [0.15, 0.2) is 17.8 Å². The molecule has 0 fully saturated rings. The molecule has 0 N–H and O–H groups in total. The molecule has 0 unspecified atom stereocenters. The van der Waals surface area contributed by atoms with E-state index in [0.717, 1.165) is 0 Å². The Hall–Kier alpha value is -3.82. The standard InChI is InChI=1S/C15H24N10O6/c1-19(2)23-10(13(26)29-16-23)7-22(8-11-14(27)30-17-24(11)20(3)4)9-12-15(28)31-18-25(12)21(5)6/h7-9H2,1-6H3. The van der Waals surface area contributed by atoms with Crippen molar-refractivity contribution in [2.75, 3.05) is 57.3 Å². The SMILES string of the molecule is CN(C)[n+]1noc([O-])c1CN(Cc1c([O-])on[n+]1N(C)C)Cc1c([O-])on[n+]1N(C)C. The third kappa shape index (κ3) is 4.37. The molecule has 0 aliphatic carbocycles. The molecule has 0 aliphatic rings. The van der Waals surface area contributed by atoms with Crippen LogP contribution < -0.4 is 44.7 Å². The smallest absolute Gasteiger partial charge is 0.281 e. The maximum Gasteiger partial charge on any atom is 0.281 e. The van der Waals surface area contributed by atoms with Crippen molar-refractivity contribution in [1.29, 1.82) is 0 Å². The monoisotopic (exact) mass is 440 g/mol. The van der Waals surface area contributed by atoms with E-state index in [1.54, 1.807) is 62.2 Å². The first-order valence-corrected chi connectivity index (χ1v) is 9.09. The molecule has 0 aliphatic heterocycles. The summed E-state index contributed by atoms with van der Waals surface area (Å²) in [7, 11) is 10.1. The molecular weight excluding hydrogens is 416 g/mol. The Morgan fingerprint density at radius 2 is 0.839 bits per heavy atom. The Labute approximate surface area is 176 Å². The van der Waals surface area contributed by atoms with Crippen LogP contribution in [0.4, 0.5) is 0 Å². The lowest BCUT2D eigenvalue weighted by molar-refractivity contribution is -0.763. The minimum Gasteiger partial charge on any atom is -0.539 e. The number of nitrogens with zero attached hydrogens (tertiary/aromatic N) is 10. The Kier molecular flexibility index (Phi) is 6.00.